The summed E-state index contributed by atoms with van der Waals surface area (Å²) in [6.07, 6.45) is 14.1. The number of hydrogen-bond donors (Lipinski definition) is 1. The molecule has 2 rings (SSSR count). The van der Waals surface area contributed by atoms with Crippen molar-refractivity contribution in [1.29, 1.82) is 0 Å². The molecule has 3 heteroatoms. The molecule has 0 aromatic heterocycles. The molecule has 1 aliphatic heterocycles. The van der Waals surface area contributed by atoms with Gasteiger partial charge in [-0.05, 0) is 87.8 Å². The molecular weight excluding hydrogens is 416 g/mol. The van der Waals surface area contributed by atoms with Crippen molar-refractivity contribution < 1.29 is 9.84 Å². The third kappa shape index (κ3) is 8.15. The van der Waals surface area contributed by atoms with Gasteiger partial charge in [-0.1, -0.05) is 72.6 Å². The van der Waals surface area contributed by atoms with E-state index in [0.717, 1.165) is 59.5 Å². The average molecular weight is 467 g/mol. The molecule has 2 nitrogen and oxygen atoms in total. The van der Waals surface area contributed by atoms with Crippen LogP contribution in [-0.2, 0) is 6.42 Å². The predicted octanol–water partition coefficient (Wildman–Crippen LogP) is 9.26. The van der Waals surface area contributed by atoms with Crippen LogP contribution >= 0.6 is 12.4 Å². The largest absolute Gasteiger partial charge is 0.507 e. The molecule has 0 saturated carbocycles. The Bertz CT molecular complexity index is 712. The maximum Gasteiger partial charge on any atom is 0.127 e. The normalized spacial score (nSPS) is 19.8. The van der Waals surface area contributed by atoms with Gasteiger partial charge in [-0.15, -0.1) is 12.4 Å². The minimum absolute atomic E-state index is 0. The van der Waals surface area contributed by atoms with E-state index in [9.17, 15) is 5.11 Å². The van der Waals surface area contributed by atoms with Gasteiger partial charge in [0.1, 0.15) is 17.1 Å². The van der Waals surface area contributed by atoms with Crippen molar-refractivity contribution in [3.8, 4) is 11.5 Å². The van der Waals surface area contributed by atoms with E-state index in [2.05, 4.69) is 41.5 Å². The van der Waals surface area contributed by atoms with Gasteiger partial charge in [0.25, 0.3) is 0 Å². The summed E-state index contributed by atoms with van der Waals surface area (Å²) < 4.78 is 6.60. The van der Waals surface area contributed by atoms with E-state index < -0.39 is 0 Å². The first-order chi connectivity index (χ1) is 14.5. The van der Waals surface area contributed by atoms with Gasteiger partial charge in [-0.2, -0.15) is 0 Å². The average Bonchev–Trinajstić information content (AvgIpc) is 2.70. The number of phenolic OH excluding ortho intramolecular Hbond substituents is 1. The van der Waals surface area contributed by atoms with Crippen molar-refractivity contribution in [3.05, 3.63) is 22.3 Å². The first-order valence-corrected chi connectivity index (χ1v) is 13.0. The van der Waals surface area contributed by atoms with Gasteiger partial charge in [0.05, 0.1) is 0 Å². The Hall–Kier alpha value is -0.890. The maximum atomic E-state index is 10.4. The topological polar surface area (TPSA) is 29.5 Å². The van der Waals surface area contributed by atoms with E-state index >= 15 is 0 Å². The molecule has 1 heterocycles. The Morgan fingerprint density at radius 3 is 1.91 bits per heavy atom. The van der Waals surface area contributed by atoms with Crippen LogP contribution in [0.1, 0.15) is 121 Å². The Morgan fingerprint density at radius 2 is 1.34 bits per heavy atom. The second-order valence-corrected chi connectivity index (χ2v) is 11.4. The van der Waals surface area contributed by atoms with Gasteiger partial charge in [0, 0.05) is 5.56 Å². The molecular formula is C29H51ClO2. The fourth-order valence-electron chi connectivity index (χ4n) is 5.27. The number of rotatable bonds is 12. The van der Waals surface area contributed by atoms with Crippen LogP contribution in [0.4, 0.5) is 0 Å². The van der Waals surface area contributed by atoms with Gasteiger partial charge in [-0.3, -0.25) is 0 Å². The van der Waals surface area contributed by atoms with Gasteiger partial charge in [-0.25, -0.2) is 0 Å². The summed E-state index contributed by atoms with van der Waals surface area (Å²) in [5, 5.41) is 10.4. The number of halogens is 1. The maximum absolute atomic E-state index is 10.4. The summed E-state index contributed by atoms with van der Waals surface area (Å²) in [7, 11) is 0. The van der Waals surface area contributed by atoms with Gasteiger partial charge in [0.2, 0.25) is 0 Å². The third-order valence-corrected chi connectivity index (χ3v) is 7.87. The first-order valence-electron chi connectivity index (χ1n) is 13.0. The monoisotopic (exact) mass is 466 g/mol. The Morgan fingerprint density at radius 1 is 0.812 bits per heavy atom. The number of fused-ring (bicyclic) bond motifs is 1. The molecule has 1 aromatic carbocycles. The second kappa shape index (κ2) is 13.1. The lowest BCUT2D eigenvalue weighted by atomic mass is 9.84. The highest BCUT2D eigenvalue weighted by molar-refractivity contribution is 5.85. The highest BCUT2D eigenvalue weighted by Gasteiger charge is 2.34. The molecule has 0 spiro atoms. The molecule has 3 atom stereocenters. The van der Waals surface area contributed by atoms with Crippen LogP contribution in [-0.4, -0.2) is 10.7 Å². The zero-order valence-corrected chi connectivity index (χ0v) is 23.1. The SMILES string of the molecule is Cc1c(C)c2c(c(C)c1O)CC[C@@](C)(CCC[C@H](C)CCC[C@H](C)CCCC(C)C)O2.Cl. The van der Waals surface area contributed by atoms with Crippen molar-refractivity contribution in [1.82, 2.24) is 0 Å². The van der Waals surface area contributed by atoms with Crippen LogP contribution in [0.25, 0.3) is 0 Å². The summed E-state index contributed by atoms with van der Waals surface area (Å²) in [6, 6.07) is 0. The predicted molar refractivity (Wildman–Crippen MR) is 142 cm³/mol. The van der Waals surface area contributed by atoms with Crippen molar-refractivity contribution in [2.24, 2.45) is 17.8 Å². The number of hydrogen-bond acceptors (Lipinski definition) is 2. The second-order valence-electron chi connectivity index (χ2n) is 11.4. The molecule has 0 fully saturated rings. The Balaban J connectivity index is 0.00000512. The smallest absolute Gasteiger partial charge is 0.127 e. The molecule has 0 radical (unpaired) electrons. The molecule has 0 aliphatic carbocycles. The molecule has 0 saturated heterocycles. The summed E-state index contributed by atoms with van der Waals surface area (Å²) in [5.41, 5.74) is 4.23. The zero-order valence-electron chi connectivity index (χ0n) is 22.3. The molecule has 1 aromatic rings. The lowest BCUT2D eigenvalue weighted by Gasteiger charge is -2.38. The molecule has 0 unspecified atom stereocenters. The standard InChI is InChI=1S/C29H50O2.ClH/c1-20(2)12-9-13-21(3)14-10-15-22(4)16-11-18-29(8)19-17-26-25(7)27(30)23(5)24(6)28(26)31-29;/h20-22,30H,9-19H2,1-8H3;1H/t21-,22-,29-;/m1./s1. The minimum Gasteiger partial charge on any atom is -0.507 e. The lowest BCUT2D eigenvalue weighted by molar-refractivity contribution is 0.0512. The van der Waals surface area contributed by atoms with E-state index in [-0.39, 0.29) is 18.0 Å². The number of aromatic hydroxyl groups is 1. The Kier molecular flexibility index (Phi) is 11.9. The van der Waals surface area contributed by atoms with Crippen molar-refractivity contribution in [2.45, 2.75) is 132 Å². The van der Waals surface area contributed by atoms with E-state index in [4.69, 9.17) is 4.74 Å². The highest BCUT2D eigenvalue weighted by atomic mass is 35.5. The van der Waals surface area contributed by atoms with Crippen molar-refractivity contribution >= 4 is 12.4 Å². The van der Waals surface area contributed by atoms with Crippen LogP contribution in [0.15, 0.2) is 0 Å². The number of phenols is 1. The van der Waals surface area contributed by atoms with Gasteiger partial charge >= 0.3 is 0 Å². The molecule has 186 valence electrons. The summed E-state index contributed by atoms with van der Waals surface area (Å²) >= 11 is 0. The zero-order chi connectivity index (χ0) is 23.2. The number of ether oxygens (including phenoxy) is 1. The lowest BCUT2D eigenvalue weighted by Crippen LogP contribution is -2.37. The van der Waals surface area contributed by atoms with E-state index in [1.165, 1.54) is 56.9 Å². The van der Waals surface area contributed by atoms with E-state index in [0.29, 0.717) is 5.75 Å². The molecule has 0 bridgehead atoms. The van der Waals surface area contributed by atoms with Gasteiger partial charge < -0.3 is 9.84 Å². The van der Waals surface area contributed by atoms with E-state index in [1.54, 1.807) is 0 Å². The summed E-state index contributed by atoms with van der Waals surface area (Å²) in [4.78, 5) is 0. The fourth-order valence-corrected chi connectivity index (χ4v) is 5.27. The van der Waals surface area contributed by atoms with Crippen LogP contribution in [0.5, 0.6) is 11.5 Å². The third-order valence-electron chi connectivity index (χ3n) is 7.87. The van der Waals surface area contributed by atoms with E-state index in [1.807, 2.05) is 13.8 Å². The summed E-state index contributed by atoms with van der Waals surface area (Å²) in [5.74, 6) is 4.04. The minimum atomic E-state index is -0.0712. The molecule has 1 N–H and O–H groups in total. The highest BCUT2D eigenvalue weighted by Crippen LogP contribution is 2.44. The fraction of sp³-hybridized carbons (Fsp3) is 0.793. The van der Waals surface area contributed by atoms with Crippen molar-refractivity contribution in [2.75, 3.05) is 0 Å². The van der Waals surface area contributed by atoms with Crippen LogP contribution in [0.3, 0.4) is 0 Å². The van der Waals surface area contributed by atoms with Crippen LogP contribution in [0, 0.1) is 38.5 Å². The Labute approximate surface area is 205 Å². The van der Waals surface area contributed by atoms with Gasteiger partial charge in [0.15, 0.2) is 0 Å². The first kappa shape index (κ1) is 29.1. The van der Waals surface area contributed by atoms with Crippen LogP contribution < -0.4 is 4.74 Å². The van der Waals surface area contributed by atoms with Crippen molar-refractivity contribution in [3.63, 3.8) is 0 Å². The molecule has 0 amide bonds. The van der Waals surface area contributed by atoms with Crippen LogP contribution in [0.2, 0.25) is 0 Å². The molecule has 32 heavy (non-hydrogen) atoms. The number of benzene rings is 1. The molecule has 1 aliphatic rings. The quantitative estimate of drug-likeness (QED) is 0.332. The summed E-state index contributed by atoms with van der Waals surface area (Å²) in [6.45, 7) is 17.9.